The first-order chi connectivity index (χ1) is 11.3. The van der Waals surface area contributed by atoms with Gasteiger partial charge in [0.1, 0.15) is 17.8 Å². The van der Waals surface area contributed by atoms with E-state index in [4.69, 9.17) is 8.83 Å². The number of furan rings is 2. The van der Waals surface area contributed by atoms with E-state index in [-0.39, 0.29) is 5.91 Å². The first-order valence-corrected chi connectivity index (χ1v) is 7.90. The van der Waals surface area contributed by atoms with Gasteiger partial charge in [-0.2, -0.15) is 0 Å². The van der Waals surface area contributed by atoms with Gasteiger partial charge in [0, 0.05) is 5.56 Å². The molecule has 0 aliphatic carbocycles. The number of fused-ring (bicyclic) bond motifs is 1. The van der Waals surface area contributed by atoms with Crippen LogP contribution in [0.25, 0.3) is 21.5 Å². The number of hydrogen-bond donors (Lipinski definition) is 1. The van der Waals surface area contributed by atoms with Gasteiger partial charge in [0.25, 0.3) is 5.91 Å². The number of carbonyl (C=O) groups is 1. The number of aromatic nitrogens is 1. The normalized spacial score (nSPS) is 11.0. The SMILES string of the molecule is O=C(NCc1ccc(-c2ccoc2)o1)c1ccc2ncsc2c1. The van der Waals surface area contributed by atoms with Crippen molar-refractivity contribution < 1.29 is 13.6 Å². The third-order valence-electron chi connectivity index (χ3n) is 3.48. The molecule has 0 bridgehead atoms. The molecule has 4 aromatic rings. The summed E-state index contributed by atoms with van der Waals surface area (Å²) in [5, 5.41) is 2.86. The second-order valence-electron chi connectivity index (χ2n) is 5.00. The first kappa shape index (κ1) is 13.8. The Kier molecular flexibility index (Phi) is 3.44. The molecule has 0 aliphatic rings. The van der Waals surface area contributed by atoms with Crippen molar-refractivity contribution in [3.05, 3.63) is 65.8 Å². The summed E-state index contributed by atoms with van der Waals surface area (Å²) in [5.74, 6) is 1.27. The zero-order chi connectivity index (χ0) is 15.6. The molecule has 0 aliphatic heterocycles. The summed E-state index contributed by atoms with van der Waals surface area (Å²) >= 11 is 1.52. The first-order valence-electron chi connectivity index (χ1n) is 7.02. The number of nitrogens with zero attached hydrogens (tertiary/aromatic N) is 1. The maximum Gasteiger partial charge on any atom is 0.251 e. The smallest absolute Gasteiger partial charge is 0.251 e. The number of amides is 1. The molecular formula is C17H12N2O3S. The summed E-state index contributed by atoms with van der Waals surface area (Å²) in [5.41, 5.74) is 4.16. The Morgan fingerprint density at radius 3 is 3.04 bits per heavy atom. The molecule has 1 amide bonds. The third-order valence-corrected chi connectivity index (χ3v) is 4.28. The summed E-state index contributed by atoms with van der Waals surface area (Å²) in [6.45, 7) is 0.331. The maximum absolute atomic E-state index is 12.2. The van der Waals surface area contributed by atoms with E-state index in [0.717, 1.165) is 15.8 Å². The van der Waals surface area contributed by atoms with Gasteiger partial charge in [-0.25, -0.2) is 4.98 Å². The fraction of sp³-hybridized carbons (Fsp3) is 0.0588. The average Bonchev–Trinajstić information content (AvgIpc) is 3.32. The van der Waals surface area contributed by atoms with Gasteiger partial charge >= 0.3 is 0 Å². The monoisotopic (exact) mass is 324 g/mol. The molecule has 23 heavy (non-hydrogen) atoms. The molecule has 1 aromatic carbocycles. The van der Waals surface area contributed by atoms with Crippen LogP contribution in [0.15, 0.2) is 63.3 Å². The van der Waals surface area contributed by atoms with Crippen LogP contribution < -0.4 is 5.32 Å². The molecule has 5 nitrogen and oxygen atoms in total. The van der Waals surface area contributed by atoms with Gasteiger partial charge < -0.3 is 14.2 Å². The Morgan fingerprint density at radius 2 is 2.17 bits per heavy atom. The van der Waals surface area contributed by atoms with E-state index in [0.29, 0.717) is 23.6 Å². The molecule has 3 aromatic heterocycles. The summed E-state index contributed by atoms with van der Waals surface area (Å²) in [6, 6.07) is 11.0. The van der Waals surface area contributed by atoms with Crippen LogP contribution in [-0.2, 0) is 6.54 Å². The van der Waals surface area contributed by atoms with Gasteiger partial charge in [0.15, 0.2) is 0 Å². The molecule has 0 saturated carbocycles. The van der Waals surface area contributed by atoms with E-state index in [9.17, 15) is 4.79 Å². The predicted molar refractivity (Wildman–Crippen MR) is 87.2 cm³/mol. The van der Waals surface area contributed by atoms with Crippen LogP contribution >= 0.6 is 11.3 Å². The molecule has 0 fully saturated rings. The van der Waals surface area contributed by atoms with Crippen LogP contribution in [0.5, 0.6) is 0 Å². The van der Waals surface area contributed by atoms with Crippen molar-refractivity contribution in [3.63, 3.8) is 0 Å². The third kappa shape index (κ3) is 2.76. The molecular weight excluding hydrogens is 312 g/mol. The molecule has 1 N–H and O–H groups in total. The molecule has 6 heteroatoms. The van der Waals surface area contributed by atoms with Gasteiger partial charge in [-0.15, -0.1) is 11.3 Å². The highest BCUT2D eigenvalue weighted by molar-refractivity contribution is 7.16. The fourth-order valence-electron chi connectivity index (χ4n) is 2.30. The van der Waals surface area contributed by atoms with E-state index in [1.165, 1.54) is 11.3 Å². The maximum atomic E-state index is 12.2. The van der Waals surface area contributed by atoms with Crippen LogP contribution in [0.3, 0.4) is 0 Å². The van der Waals surface area contributed by atoms with Gasteiger partial charge in [0.2, 0.25) is 0 Å². The Bertz CT molecular complexity index is 953. The van der Waals surface area contributed by atoms with E-state index >= 15 is 0 Å². The van der Waals surface area contributed by atoms with E-state index < -0.39 is 0 Å². The fourth-order valence-corrected chi connectivity index (χ4v) is 3.01. The summed E-state index contributed by atoms with van der Waals surface area (Å²) in [7, 11) is 0. The number of nitrogens with one attached hydrogen (secondary N) is 1. The lowest BCUT2D eigenvalue weighted by molar-refractivity contribution is 0.0948. The van der Waals surface area contributed by atoms with Crippen LogP contribution in [-0.4, -0.2) is 10.9 Å². The molecule has 0 spiro atoms. The lowest BCUT2D eigenvalue weighted by Gasteiger charge is -2.03. The van der Waals surface area contributed by atoms with Crippen molar-refractivity contribution in [1.82, 2.24) is 10.3 Å². The molecule has 0 atom stereocenters. The van der Waals surface area contributed by atoms with Crippen molar-refractivity contribution in [3.8, 4) is 11.3 Å². The van der Waals surface area contributed by atoms with Crippen LogP contribution in [0, 0.1) is 0 Å². The van der Waals surface area contributed by atoms with Crippen LogP contribution in [0.4, 0.5) is 0 Å². The number of hydrogen-bond acceptors (Lipinski definition) is 5. The minimum atomic E-state index is -0.137. The number of thiazole rings is 1. The largest absolute Gasteiger partial charge is 0.472 e. The molecule has 0 radical (unpaired) electrons. The lowest BCUT2D eigenvalue weighted by Crippen LogP contribution is -2.22. The predicted octanol–water partition coefficient (Wildman–Crippen LogP) is 4.08. The standard InChI is InChI=1S/C17H12N2O3S/c20-17(11-1-3-14-16(7-11)23-10-19-14)18-8-13-2-4-15(22-13)12-5-6-21-9-12/h1-7,9-10H,8H2,(H,18,20). The van der Waals surface area contributed by atoms with Crippen LogP contribution in [0.2, 0.25) is 0 Å². The highest BCUT2D eigenvalue weighted by Crippen LogP contribution is 2.22. The average molecular weight is 324 g/mol. The van der Waals surface area contributed by atoms with Crippen molar-refractivity contribution in [2.24, 2.45) is 0 Å². The molecule has 3 heterocycles. The van der Waals surface area contributed by atoms with Gasteiger partial charge in [0.05, 0.1) is 34.1 Å². The Balaban J connectivity index is 1.45. The van der Waals surface area contributed by atoms with Crippen molar-refractivity contribution in [2.45, 2.75) is 6.54 Å². The summed E-state index contributed by atoms with van der Waals surface area (Å²) < 4.78 is 11.7. The van der Waals surface area contributed by atoms with E-state index in [1.807, 2.05) is 30.3 Å². The molecule has 4 rings (SSSR count). The second kappa shape index (κ2) is 5.73. The van der Waals surface area contributed by atoms with Gasteiger partial charge in [-0.3, -0.25) is 4.79 Å². The zero-order valence-corrected chi connectivity index (χ0v) is 12.8. The second-order valence-corrected chi connectivity index (χ2v) is 5.88. The minimum Gasteiger partial charge on any atom is -0.472 e. The summed E-state index contributed by atoms with van der Waals surface area (Å²) in [6.07, 6.45) is 3.21. The van der Waals surface area contributed by atoms with Crippen LogP contribution in [0.1, 0.15) is 16.1 Å². The topological polar surface area (TPSA) is 68.3 Å². The quantitative estimate of drug-likeness (QED) is 0.614. The van der Waals surface area contributed by atoms with Gasteiger partial charge in [-0.05, 0) is 36.4 Å². The van der Waals surface area contributed by atoms with Crippen molar-refractivity contribution in [1.29, 1.82) is 0 Å². The highest BCUT2D eigenvalue weighted by atomic mass is 32.1. The Hall–Kier alpha value is -2.86. The number of benzene rings is 1. The Labute approximate surface area is 135 Å². The van der Waals surface area contributed by atoms with Gasteiger partial charge in [-0.1, -0.05) is 0 Å². The molecule has 114 valence electrons. The molecule has 0 saturated heterocycles. The molecule has 0 unspecified atom stereocenters. The van der Waals surface area contributed by atoms with Crippen molar-refractivity contribution in [2.75, 3.05) is 0 Å². The number of rotatable bonds is 4. The number of carbonyl (C=O) groups excluding carboxylic acids is 1. The van der Waals surface area contributed by atoms with Crippen molar-refractivity contribution >= 4 is 27.5 Å². The summed E-state index contributed by atoms with van der Waals surface area (Å²) in [4.78, 5) is 16.4. The zero-order valence-electron chi connectivity index (χ0n) is 12.0. The lowest BCUT2D eigenvalue weighted by atomic mass is 10.2. The highest BCUT2D eigenvalue weighted by Gasteiger charge is 2.10. The minimum absolute atomic E-state index is 0.137. The van der Waals surface area contributed by atoms with E-state index in [1.54, 1.807) is 24.1 Å². The Morgan fingerprint density at radius 1 is 1.22 bits per heavy atom. The van der Waals surface area contributed by atoms with E-state index in [2.05, 4.69) is 10.3 Å².